The molecule has 1 aromatic rings. The van der Waals surface area contributed by atoms with E-state index in [0.29, 0.717) is 18.0 Å². The number of halogens is 1. The van der Waals surface area contributed by atoms with Gasteiger partial charge in [0.15, 0.2) is 0 Å². The summed E-state index contributed by atoms with van der Waals surface area (Å²) in [6, 6.07) is 7.23. The van der Waals surface area contributed by atoms with Crippen molar-refractivity contribution in [2.75, 3.05) is 26.1 Å². The van der Waals surface area contributed by atoms with Crippen molar-refractivity contribution in [3.8, 4) is 5.75 Å². The number of nitrogens with zero attached hydrogens (tertiary/aromatic N) is 1. The molecular weight excluding hydrogens is 250 g/mol. The van der Waals surface area contributed by atoms with Crippen LogP contribution in [0.5, 0.6) is 5.75 Å². The van der Waals surface area contributed by atoms with Gasteiger partial charge in [-0.25, -0.2) is 0 Å². The minimum absolute atomic E-state index is 0.0178. The van der Waals surface area contributed by atoms with Crippen molar-refractivity contribution < 1.29 is 9.53 Å². The Kier molecular flexibility index (Phi) is 6.58. The van der Waals surface area contributed by atoms with Gasteiger partial charge in [0.2, 0.25) is 0 Å². The third-order valence-corrected chi connectivity index (χ3v) is 2.80. The minimum Gasteiger partial charge on any atom is -0.494 e. The van der Waals surface area contributed by atoms with Crippen LogP contribution >= 0.6 is 11.6 Å². The lowest BCUT2D eigenvalue weighted by atomic mass is 10.2. The Morgan fingerprint density at radius 1 is 1.33 bits per heavy atom. The van der Waals surface area contributed by atoms with E-state index in [4.69, 9.17) is 16.3 Å². The zero-order chi connectivity index (χ0) is 13.4. The highest BCUT2D eigenvalue weighted by Crippen LogP contribution is 2.14. The fourth-order valence-electron chi connectivity index (χ4n) is 1.48. The van der Waals surface area contributed by atoms with Crippen molar-refractivity contribution in [2.24, 2.45) is 0 Å². The van der Waals surface area contributed by atoms with Crippen LogP contribution < -0.4 is 4.74 Å². The van der Waals surface area contributed by atoms with Crippen LogP contribution in [-0.4, -0.2) is 36.9 Å². The van der Waals surface area contributed by atoms with Gasteiger partial charge in [-0.3, -0.25) is 4.79 Å². The molecule has 0 aliphatic rings. The summed E-state index contributed by atoms with van der Waals surface area (Å²) in [5, 5.41) is 0. The number of benzene rings is 1. The number of rotatable bonds is 7. The summed E-state index contributed by atoms with van der Waals surface area (Å²) in [5.41, 5.74) is 0.658. The van der Waals surface area contributed by atoms with Crippen molar-refractivity contribution >= 4 is 17.5 Å². The summed E-state index contributed by atoms with van der Waals surface area (Å²) in [6.07, 6.45) is 2.15. The summed E-state index contributed by atoms with van der Waals surface area (Å²) in [5.74, 6) is 1.23. The summed E-state index contributed by atoms with van der Waals surface area (Å²) in [4.78, 5) is 13.5. The van der Waals surface area contributed by atoms with Gasteiger partial charge in [-0.2, -0.15) is 0 Å². The van der Waals surface area contributed by atoms with Gasteiger partial charge >= 0.3 is 0 Å². The van der Waals surface area contributed by atoms with E-state index in [1.807, 2.05) is 12.1 Å². The zero-order valence-electron chi connectivity index (χ0n) is 11.0. The quantitative estimate of drug-likeness (QED) is 0.562. The van der Waals surface area contributed by atoms with Crippen LogP contribution in [0.25, 0.3) is 0 Å². The molecule has 0 fully saturated rings. The maximum absolute atomic E-state index is 11.9. The molecule has 3 nitrogen and oxygen atoms in total. The van der Waals surface area contributed by atoms with Crippen molar-refractivity contribution in [1.29, 1.82) is 0 Å². The van der Waals surface area contributed by atoms with Gasteiger partial charge < -0.3 is 9.64 Å². The first-order valence-corrected chi connectivity index (χ1v) is 6.76. The molecule has 0 saturated heterocycles. The van der Waals surface area contributed by atoms with Crippen LogP contribution in [0.2, 0.25) is 0 Å². The second-order valence-electron chi connectivity index (χ2n) is 4.14. The smallest absolute Gasteiger partial charge is 0.253 e. The highest BCUT2D eigenvalue weighted by Gasteiger charge is 2.10. The number of carbonyl (C=O) groups excluding carboxylic acids is 1. The Bertz CT molecular complexity index is 365. The van der Waals surface area contributed by atoms with Gasteiger partial charge in [0, 0.05) is 25.0 Å². The molecule has 0 aliphatic heterocycles. The lowest BCUT2D eigenvalue weighted by molar-refractivity contribution is 0.0803. The van der Waals surface area contributed by atoms with Crippen molar-refractivity contribution in [3.63, 3.8) is 0 Å². The predicted octanol–water partition coefficient (Wildman–Crippen LogP) is 3.18. The number of ether oxygens (including phenoxy) is 1. The summed E-state index contributed by atoms with van der Waals surface area (Å²) in [7, 11) is 1.75. The molecule has 0 aliphatic carbocycles. The van der Waals surface area contributed by atoms with Gasteiger partial charge in [0.25, 0.3) is 5.91 Å². The van der Waals surface area contributed by atoms with E-state index in [0.717, 1.165) is 25.2 Å². The van der Waals surface area contributed by atoms with Crippen molar-refractivity contribution in [2.45, 2.75) is 19.8 Å². The van der Waals surface area contributed by atoms with Crippen LogP contribution in [0.3, 0.4) is 0 Å². The molecule has 1 rings (SSSR count). The Morgan fingerprint density at radius 2 is 2.00 bits per heavy atom. The van der Waals surface area contributed by atoms with Gasteiger partial charge in [-0.05, 0) is 30.7 Å². The van der Waals surface area contributed by atoms with Crippen molar-refractivity contribution in [3.05, 3.63) is 29.8 Å². The molecule has 1 amide bonds. The van der Waals surface area contributed by atoms with E-state index in [1.165, 1.54) is 0 Å². The maximum Gasteiger partial charge on any atom is 0.253 e. The van der Waals surface area contributed by atoms with Crippen LogP contribution in [-0.2, 0) is 0 Å². The summed E-state index contributed by atoms with van der Waals surface area (Å²) >= 11 is 5.61. The molecule has 0 heterocycles. The van der Waals surface area contributed by atoms with Gasteiger partial charge in [-0.1, -0.05) is 13.3 Å². The molecule has 0 N–H and O–H groups in total. The monoisotopic (exact) mass is 269 g/mol. The molecule has 0 bridgehead atoms. The Balaban J connectivity index is 2.56. The summed E-state index contributed by atoms with van der Waals surface area (Å²) < 4.78 is 5.54. The average Bonchev–Trinajstić information content (AvgIpc) is 2.39. The second kappa shape index (κ2) is 7.98. The normalized spacial score (nSPS) is 10.2. The van der Waals surface area contributed by atoms with E-state index in [-0.39, 0.29) is 5.91 Å². The molecule has 4 heteroatoms. The lowest BCUT2D eigenvalue weighted by Gasteiger charge is -2.15. The number of amides is 1. The molecular formula is C14H20ClNO2. The van der Waals surface area contributed by atoms with E-state index in [1.54, 1.807) is 24.1 Å². The fraction of sp³-hybridized carbons (Fsp3) is 0.500. The number of alkyl halides is 1. The number of hydrogen-bond donors (Lipinski definition) is 0. The SMILES string of the molecule is CCCCOc1ccc(C(=O)N(C)CCCl)cc1. The molecule has 0 saturated carbocycles. The number of hydrogen-bond acceptors (Lipinski definition) is 2. The molecule has 0 spiro atoms. The third kappa shape index (κ3) is 4.57. The standard InChI is InChI=1S/C14H20ClNO2/c1-3-4-11-18-13-7-5-12(6-8-13)14(17)16(2)10-9-15/h5-8H,3-4,9-11H2,1-2H3. The highest BCUT2D eigenvalue weighted by atomic mass is 35.5. The first kappa shape index (κ1) is 14.8. The predicted molar refractivity (Wildman–Crippen MR) is 74.5 cm³/mol. The summed E-state index contributed by atoms with van der Waals surface area (Å²) in [6.45, 7) is 3.39. The highest BCUT2D eigenvalue weighted by molar-refractivity contribution is 6.18. The van der Waals surface area contributed by atoms with Gasteiger partial charge in [-0.15, -0.1) is 11.6 Å². The topological polar surface area (TPSA) is 29.5 Å². The third-order valence-electron chi connectivity index (χ3n) is 2.63. The lowest BCUT2D eigenvalue weighted by Crippen LogP contribution is -2.28. The van der Waals surface area contributed by atoms with Gasteiger partial charge in [0.05, 0.1) is 6.61 Å². The molecule has 0 radical (unpaired) electrons. The Morgan fingerprint density at radius 3 is 2.56 bits per heavy atom. The van der Waals surface area contributed by atoms with E-state index >= 15 is 0 Å². The number of unbranched alkanes of at least 4 members (excludes halogenated alkanes) is 1. The van der Waals surface area contributed by atoms with Gasteiger partial charge in [0.1, 0.15) is 5.75 Å². The minimum atomic E-state index is -0.0178. The second-order valence-corrected chi connectivity index (χ2v) is 4.52. The van der Waals surface area contributed by atoms with Crippen LogP contribution in [0.4, 0.5) is 0 Å². The zero-order valence-corrected chi connectivity index (χ0v) is 11.7. The largest absolute Gasteiger partial charge is 0.494 e. The fourth-order valence-corrected chi connectivity index (χ4v) is 1.73. The molecule has 0 unspecified atom stereocenters. The average molecular weight is 270 g/mol. The molecule has 18 heavy (non-hydrogen) atoms. The van der Waals surface area contributed by atoms with E-state index in [9.17, 15) is 4.79 Å². The molecule has 0 atom stereocenters. The Labute approximate surface area is 114 Å². The van der Waals surface area contributed by atoms with Crippen LogP contribution in [0.15, 0.2) is 24.3 Å². The first-order chi connectivity index (χ1) is 8.69. The van der Waals surface area contributed by atoms with Crippen LogP contribution in [0.1, 0.15) is 30.1 Å². The first-order valence-electron chi connectivity index (χ1n) is 6.23. The van der Waals surface area contributed by atoms with E-state index in [2.05, 4.69) is 6.92 Å². The molecule has 100 valence electrons. The Hall–Kier alpha value is -1.22. The number of carbonyl (C=O) groups is 1. The molecule has 1 aromatic carbocycles. The van der Waals surface area contributed by atoms with Crippen molar-refractivity contribution in [1.82, 2.24) is 4.90 Å². The van der Waals surface area contributed by atoms with Crippen LogP contribution in [0, 0.1) is 0 Å². The maximum atomic E-state index is 11.9. The van der Waals surface area contributed by atoms with E-state index < -0.39 is 0 Å². The molecule has 0 aromatic heterocycles.